The maximum Gasteiger partial charge on any atom is 0.327 e. The lowest BCUT2D eigenvalue weighted by Crippen LogP contribution is -2.62. The third kappa shape index (κ3) is 2.44. The summed E-state index contributed by atoms with van der Waals surface area (Å²) in [5.41, 5.74) is -0.640. The number of hydrogen-bond acceptors (Lipinski definition) is 3. The van der Waals surface area contributed by atoms with Gasteiger partial charge in [-0.15, -0.1) is 0 Å². The van der Waals surface area contributed by atoms with Gasteiger partial charge in [0, 0.05) is 11.5 Å². The number of aliphatic hydroxyl groups excluding tert-OH is 1. The van der Waals surface area contributed by atoms with Gasteiger partial charge in [0.1, 0.15) is 0 Å². The van der Waals surface area contributed by atoms with Gasteiger partial charge >= 0.3 is 5.97 Å². The largest absolute Gasteiger partial charge is 0.478 e. The fourth-order valence-corrected chi connectivity index (χ4v) is 7.75. The minimum atomic E-state index is -0.897. The Morgan fingerprint density at radius 3 is 2.50 bits per heavy atom. The first kappa shape index (κ1) is 18.5. The SMILES string of the molecule is C[C@]12CCC(O)CC1CC[C@@H]1[C@@H]2CC[C@]2(C)[C@@H](/C=C/C(=O)O)CC[C@@]12O. The van der Waals surface area contributed by atoms with E-state index < -0.39 is 11.6 Å². The highest BCUT2D eigenvalue weighted by Gasteiger charge is 2.66. The Kier molecular flexibility index (Phi) is 4.31. The van der Waals surface area contributed by atoms with Gasteiger partial charge in [-0.05, 0) is 86.9 Å². The van der Waals surface area contributed by atoms with Crippen molar-refractivity contribution in [1.82, 2.24) is 0 Å². The van der Waals surface area contributed by atoms with Gasteiger partial charge in [0.2, 0.25) is 0 Å². The summed E-state index contributed by atoms with van der Waals surface area (Å²) < 4.78 is 0. The zero-order valence-corrected chi connectivity index (χ0v) is 16.2. The number of fused-ring (bicyclic) bond motifs is 5. The number of aliphatic hydroxyl groups is 2. The molecule has 4 saturated carbocycles. The van der Waals surface area contributed by atoms with Gasteiger partial charge < -0.3 is 15.3 Å². The lowest BCUT2D eigenvalue weighted by atomic mass is 9.43. The van der Waals surface area contributed by atoms with Crippen LogP contribution in [0.5, 0.6) is 0 Å². The smallest absolute Gasteiger partial charge is 0.327 e. The third-order valence-electron chi connectivity index (χ3n) is 9.37. The number of allylic oxidation sites excluding steroid dienone is 1. The predicted molar refractivity (Wildman–Crippen MR) is 99.5 cm³/mol. The first-order valence-electron chi connectivity index (χ1n) is 10.5. The summed E-state index contributed by atoms with van der Waals surface area (Å²) >= 11 is 0. The Hall–Kier alpha value is -0.870. The average molecular weight is 363 g/mol. The number of aliphatic carboxylic acids is 1. The second-order valence-electron chi connectivity index (χ2n) is 10.1. The molecule has 0 amide bonds. The predicted octanol–water partition coefficient (Wildman–Crippen LogP) is 3.76. The average Bonchev–Trinajstić information content (AvgIpc) is 2.85. The van der Waals surface area contributed by atoms with Crippen LogP contribution in [0, 0.1) is 34.5 Å². The van der Waals surface area contributed by atoms with E-state index in [1.807, 2.05) is 6.08 Å². The zero-order valence-electron chi connectivity index (χ0n) is 16.2. The summed E-state index contributed by atoms with van der Waals surface area (Å²) in [6.07, 6.45) is 11.8. The monoisotopic (exact) mass is 362 g/mol. The molecule has 146 valence electrons. The minimum Gasteiger partial charge on any atom is -0.478 e. The highest BCUT2D eigenvalue weighted by Crippen LogP contribution is 2.69. The molecule has 0 aromatic carbocycles. The molecular weight excluding hydrogens is 328 g/mol. The third-order valence-corrected chi connectivity index (χ3v) is 9.37. The van der Waals surface area contributed by atoms with Crippen molar-refractivity contribution < 1.29 is 20.1 Å². The number of carboxylic acid groups (broad SMARTS) is 1. The van der Waals surface area contributed by atoms with Gasteiger partial charge in [-0.1, -0.05) is 19.9 Å². The fraction of sp³-hybridized carbons (Fsp3) is 0.864. The van der Waals surface area contributed by atoms with Crippen molar-refractivity contribution in [2.75, 3.05) is 0 Å². The molecule has 4 fully saturated rings. The minimum absolute atomic E-state index is 0.140. The molecule has 0 spiro atoms. The van der Waals surface area contributed by atoms with E-state index in [9.17, 15) is 15.0 Å². The van der Waals surface area contributed by atoms with Crippen LogP contribution in [0.1, 0.15) is 71.6 Å². The van der Waals surface area contributed by atoms with Crippen molar-refractivity contribution in [3.63, 3.8) is 0 Å². The van der Waals surface area contributed by atoms with E-state index in [1.165, 1.54) is 6.08 Å². The number of rotatable bonds is 2. The van der Waals surface area contributed by atoms with Crippen LogP contribution in [0.3, 0.4) is 0 Å². The van der Waals surface area contributed by atoms with Crippen LogP contribution in [-0.4, -0.2) is 33.0 Å². The highest BCUT2D eigenvalue weighted by atomic mass is 16.4. The van der Waals surface area contributed by atoms with Crippen molar-refractivity contribution >= 4 is 5.97 Å². The van der Waals surface area contributed by atoms with Crippen LogP contribution in [0.4, 0.5) is 0 Å². The van der Waals surface area contributed by atoms with Gasteiger partial charge in [0.05, 0.1) is 11.7 Å². The molecule has 0 saturated heterocycles. The van der Waals surface area contributed by atoms with Crippen LogP contribution in [0.2, 0.25) is 0 Å². The van der Waals surface area contributed by atoms with E-state index in [0.29, 0.717) is 17.8 Å². The lowest BCUT2D eigenvalue weighted by molar-refractivity contribution is -0.207. The Bertz CT molecular complexity index is 615. The molecule has 4 aliphatic rings. The molecule has 8 atom stereocenters. The lowest BCUT2D eigenvalue weighted by Gasteiger charge is -2.63. The van der Waals surface area contributed by atoms with Gasteiger partial charge in [-0.2, -0.15) is 0 Å². The normalized spacial score (nSPS) is 53.8. The number of hydrogen-bond donors (Lipinski definition) is 3. The van der Waals surface area contributed by atoms with Crippen molar-refractivity contribution in [1.29, 1.82) is 0 Å². The van der Waals surface area contributed by atoms with Crippen LogP contribution < -0.4 is 0 Å². The Balaban J connectivity index is 1.63. The molecule has 4 aliphatic carbocycles. The van der Waals surface area contributed by atoms with E-state index in [0.717, 1.165) is 57.8 Å². The Morgan fingerprint density at radius 2 is 1.77 bits per heavy atom. The molecule has 0 bridgehead atoms. The Morgan fingerprint density at radius 1 is 1.00 bits per heavy atom. The first-order chi connectivity index (χ1) is 12.2. The summed E-state index contributed by atoms with van der Waals surface area (Å²) in [6.45, 7) is 4.62. The van der Waals surface area contributed by atoms with Gasteiger partial charge in [0.25, 0.3) is 0 Å². The standard InChI is InChI=1S/C22H34O4/c1-20-10-8-16(23)13-15(20)3-5-18-17(20)9-11-21(2)14(4-6-19(24)25)7-12-22(18,21)26/h4,6,14-18,23,26H,3,5,7-13H2,1-2H3,(H,24,25)/b6-4+/t14-,15?,16?,17-,18+,20-,21+,22+/m0/s1. The summed E-state index contributed by atoms with van der Waals surface area (Å²) in [5, 5.41) is 31.1. The molecule has 4 nitrogen and oxygen atoms in total. The first-order valence-corrected chi connectivity index (χ1v) is 10.5. The molecule has 0 aromatic heterocycles. The Labute approximate surface area is 156 Å². The van der Waals surface area contributed by atoms with E-state index in [-0.39, 0.29) is 22.9 Å². The fourth-order valence-electron chi connectivity index (χ4n) is 7.75. The molecule has 4 heteroatoms. The van der Waals surface area contributed by atoms with Gasteiger partial charge in [-0.3, -0.25) is 0 Å². The van der Waals surface area contributed by atoms with Crippen molar-refractivity contribution in [3.05, 3.63) is 12.2 Å². The molecule has 0 heterocycles. The quantitative estimate of drug-likeness (QED) is 0.654. The van der Waals surface area contributed by atoms with E-state index in [1.54, 1.807) is 0 Å². The van der Waals surface area contributed by atoms with E-state index >= 15 is 0 Å². The van der Waals surface area contributed by atoms with Crippen molar-refractivity contribution in [2.24, 2.45) is 34.5 Å². The second-order valence-corrected chi connectivity index (χ2v) is 10.1. The summed E-state index contributed by atoms with van der Waals surface area (Å²) in [6, 6.07) is 0. The maximum absolute atomic E-state index is 11.9. The van der Waals surface area contributed by atoms with Crippen LogP contribution in [0.25, 0.3) is 0 Å². The topological polar surface area (TPSA) is 77.8 Å². The van der Waals surface area contributed by atoms with E-state index in [2.05, 4.69) is 13.8 Å². The molecule has 2 unspecified atom stereocenters. The zero-order chi connectivity index (χ0) is 18.7. The summed E-state index contributed by atoms with van der Waals surface area (Å²) in [5.74, 6) is 0.703. The molecule has 0 radical (unpaired) electrons. The van der Waals surface area contributed by atoms with Crippen molar-refractivity contribution in [2.45, 2.75) is 83.3 Å². The molecule has 0 aromatic rings. The molecule has 4 rings (SSSR count). The van der Waals surface area contributed by atoms with Crippen LogP contribution in [0.15, 0.2) is 12.2 Å². The second kappa shape index (κ2) is 6.07. The highest BCUT2D eigenvalue weighted by molar-refractivity contribution is 5.79. The molecule has 0 aliphatic heterocycles. The van der Waals surface area contributed by atoms with Crippen LogP contribution in [-0.2, 0) is 4.79 Å². The summed E-state index contributed by atoms with van der Waals surface area (Å²) in [4.78, 5) is 11.0. The number of carbonyl (C=O) groups is 1. The van der Waals surface area contributed by atoms with E-state index in [4.69, 9.17) is 5.11 Å². The number of carboxylic acids is 1. The molecule has 3 N–H and O–H groups in total. The van der Waals surface area contributed by atoms with Crippen LogP contribution >= 0.6 is 0 Å². The maximum atomic E-state index is 11.9. The van der Waals surface area contributed by atoms with Gasteiger partial charge in [-0.25, -0.2) is 4.79 Å². The van der Waals surface area contributed by atoms with Crippen molar-refractivity contribution in [3.8, 4) is 0 Å². The summed E-state index contributed by atoms with van der Waals surface area (Å²) in [7, 11) is 0. The van der Waals surface area contributed by atoms with Gasteiger partial charge in [0.15, 0.2) is 0 Å². The molecular formula is C22H34O4. The molecule has 26 heavy (non-hydrogen) atoms.